The van der Waals surface area contributed by atoms with Crippen molar-refractivity contribution in [2.24, 2.45) is 5.92 Å². The van der Waals surface area contributed by atoms with E-state index in [0.29, 0.717) is 11.5 Å². The summed E-state index contributed by atoms with van der Waals surface area (Å²) in [6, 6.07) is 12.8. The maximum absolute atomic E-state index is 12.7. The Morgan fingerprint density at radius 1 is 1.18 bits per heavy atom. The summed E-state index contributed by atoms with van der Waals surface area (Å²) in [4.78, 5) is 12.5. The van der Waals surface area contributed by atoms with E-state index in [1.165, 1.54) is 25.3 Å². The molecule has 0 spiro atoms. The van der Waals surface area contributed by atoms with E-state index in [1.807, 2.05) is 31.2 Å². The van der Waals surface area contributed by atoms with Crippen molar-refractivity contribution in [2.45, 2.75) is 32.4 Å². The zero-order valence-electron chi connectivity index (χ0n) is 15.8. The highest BCUT2D eigenvalue weighted by atomic mass is 19.3. The van der Waals surface area contributed by atoms with Gasteiger partial charge in [0.25, 0.3) is 0 Å². The molecule has 2 aromatic rings. The fourth-order valence-corrected chi connectivity index (χ4v) is 3.08. The molecule has 1 aliphatic rings. The number of carbonyl (C=O) groups is 1. The van der Waals surface area contributed by atoms with Crippen LogP contribution in [-0.4, -0.2) is 19.6 Å². The Balaban J connectivity index is 1.75. The lowest BCUT2D eigenvalue weighted by molar-refractivity contribution is -0.117. The van der Waals surface area contributed by atoms with E-state index in [0.717, 1.165) is 24.0 Å². The third kappa shape index (κ3) is 5.09. The summed E-state index contributed by atoms with van der Waals surface area (Å²) < 4.78 is 35.1. The molecule has 0 radical (unpaired) electrons. The molecule has 1 atom stereocenters. The molecule has 4 nitrogen and oxygen atoms in total. The predicted octanol–water partition coefficient (Wildman–Crippen LogP) is 4.89. The number of hydrogen-bond donors (Lipinski definition) is 1. The van der Waals surface area contributed by atoms with Crippen molar-refractivity contribution in [1.29, 1.82) is 0 Å². The first kappa shape index (κ1) is 19.9. The molecule has 1 saturated carbocycles. The van der Waals surface area contributed by atoms with Crippen molar-refractivity contribution in [3.8, 4) is 11.5 Å². The van der Waals surface area contributed by atoms with Crippen molar-refractivity contribution >= 4 is 12.0 Å². The topological polar surface area (TPSA) is 47.6 Å². The maximum atomic E-state index is 12.7. The van der Waals surface area contributed by atoms with Gasteiger partial charge < -0.3 is 14.8 Å². The zero-order chi connectivity index (χ0) is 20.1. The molecule has 6 heteroatoms. The first-order valence-corrected chi connectivity index (χ1v) is 9.15. The minimum Gasteiger partial charge on any atom is -0.493 e. The normalized spacial score (nSPS) is 14.9. The van der Waals surface area contributed by atoms with Gasteiger partial charge >= 0.3 is 6.61 Å². The SMILES string of the molecule is COc1cccc(/C=C/C(=O)NC(c2ccc(C)cc2)C2CC2)c1OC(F)F. The van der Waals surface area contributed by atoms with Crippen LogP contribution in [0.3, 0.4) is 0 Å². The Hall–Kier alpha value is -2.89. The zero-order valence-corrected chi connectivity index (χ0v) is 15.8. The molecule has 0 aromatic heterocycles. The molecule has 28 heavy (non-hydrogen) atoms. The number of aryl methyl sites for hydroxylation is 1. The van der Waals surface area contributed by atoms with E-state index in [2.05, 4.69) is 10.1 Å². The minimum atomic E-state index is -2.99. The summed E-state index contributed by atoms with van der Waals surface area (Å²) in [7, 11) is 1.37. The number of halogens is 2. The first-order valence-electron chi connectivity index (χ1n) is 9.15. The van der Waals surface area contributed by atoms with Crippen LogP contribution in [0.25, 0.3) is 6.08 Å². The molecule has 2 aromatic carbocycles. The lowest BCUT2D eigenvalue weighted by atomic mass is 10.0. The van der Waals surface area contributed by atoms with Crippen LogP contribution >= 0.6 is 0 Å². The van der Waals surface area contributed by atoms with Crippen LogP contribution in [0.15, 0.2) is 48.5 Å². The van der Waals surface area contributed by atoms with Crippen LogP contribution in [0, 0.1) is 12.8 Å². The van der Waals surface area contributed by atoms with Gasteiger partial charge in [0.1, 0.15) is 0 Å². The highest BCUT2D eigenvalue weighted by molar-refractivity contribution is 5.92. The van der Waals surface area contributed by atoms with Crippen LogP contribution in [0.1, 0.15) is 35.6 Å². The van der Waals surface area contributed by atoms with Gasteiger partial charge in [-0.3, -0.25) is 4.79 Å². The van der Waals surface area contributed by atoms with E-state index >= 15 is 0 Å². The van der Waals surface area contributed by atoms with E-state index in [9.17, 15) is 13.6 Å². The fraction of sp³-hybridized carbons (Fsp3) is 0.318. The first-order chi connectivity index (χ1) is 13.5. The second-order valence-electron chi connectivity index (χ2n) is 6.82. The third-order valence-corrected chi connectivity index (χ3v) is 4.68. The number of alkyl halides is 2. The molecule has 0 saturated heterocycles. The van der Waals surface area contributed by atoms with E-state index in [1.54, 1.807) is 12.1 Å². The summed E-state index contributed by atoms with van der Waals surface area (Å²) >= 11 is 0. The molecule has 3 rings (SSSR count). The van der Waals surface area contributed by atoms with E-state index in [4.69, 9.17) is 4.74 Å². The number of hydrogen-bond acceptors (Lipinski definition) is 3. The van der Waals surface area contributed by atoms with Crippen molar-refractivity contribution in [2.75, 3.05) is 7.11 Å². The smallest absolute Gasteiger partial charge is 0.387 e. The molecule has 1 fully saturated rings. The summed E-state index contributed by atoms with van der Waals surface area (Å²) in [5.41, 5.74) is 2.57. The number of methoxy groups -OCH3 is 1. The molecular formula is C22H23F2NO3. The Labute approximate surface area is 163 Å². The van der Waals surface area contributed by atoms with E-state index in [-0.39, 0.29) is 23.4 Å². The Morgan fingerprint density at radius 3 is 2.50 bits per heavy atom. The number of nitrogens with one attached hydrogen (secondary N) is 1. The van der Waals surface area contributed by atoms with Gasteiger partial charge in [-0.1, -0.05) is 42.0 Å². The van der Waals surface area contributed by atoms with Crippen LogP contribution in [0.2, 0.25) is 0 Å². The van der Waals surface area contributed by atoms with Crippen molar-refractivity contribution in [3.05, 3.63) is 65.2 Å². The highest BCUT2D eigenvalue weighted by Gasteiger charge is 2.33. The number of carbonyl (C=O) groups excluding carboxylic acids is 1. The molecule has 1 amide bonds. The quantitative estimate of drug-likeness (QED) is 0.657. The molecule has 0 heterocycles. The standard InChI is InChI=1S/C22H23F2NO3/c1-14-6-8-15(9-7-14)20(16-10-11-16)25-19(26)13-12-17-4-3-5-18(27-2)21(17)28-22(23)24/h3-9,12-13,16,20,22H,10-11H2,1-2H3,(H,25,26)/b13-12+. The third-order valence-electron chi connectivity index (χ3n) is 4.68. The molecule has 148 valence electrons. The number of benzene rings is 2. The molecule has 1 N–H and O–H groups in total. The number of rotatable bonds is 8. The van der Waals surface area contributed by atoms with E-state index < -0.39 is 6.61 Å². The molecule has 1 unspecified atom stereocenters. The average molecular weight is 387 g/mol. The van der Waals surface area contributed by atoms with Gasteiger partial charge in [-0.2, -0.15) is 8.78 Å². The van der Waals surface area contributed by atoms with Crippen LogP contribution in [0.5, 0.6) is 11.5 Å². The average Bonchev–Trinajstić information content (AvgIpc) is 3.50. The molecule has 0 bridgehead atoms. The van der Waals surface area contributed by atoms with Gasteiger partial charge in [0, 0.05) is 11.6 Å². The lowest BCUT2D eigenvalue weighted by Gasteiger charge is -2.18. The monoisotopic (exact) mass is 387 g/mol. The Bertz CT molecular complexity index is 845. The summed E-state index contributed by atoms with van der Waals surface area (Å²) in [5.74, 6) is 0.220. The highest BCUT2D eigenvalue weighted by Crippen LogP contribution is 2.41. The van der Waals surface area contributed by atoms with Crippen molar-refractivity contribution in [1.82, 2.24) is 5.32 Å². The van der Waals surface area contributed by atoms with Gasteiger partial charge in [-0.25, -0.2) is 0 Å². The molecule has 1 aliphatic carbocycles. The Morgan fingerprint density at radius 2 is 1.89 bits per heavy atom. The van der Waals surface area contributed by atoms with Gasteiger partial charge in [-0.15, -0.1) is 0 Å². The number of amides is 1. The minimum absolute atomic E-state index is 0.0557. The summed E-state index contributed by atoms with van der Waals surface area (Å²) in [5, 5.41) is 3.03. The second-order valence-corrected chi connectivity index (χ2v) is 6.82. The van der Waals surface area contributed by atoms with Crippen LogP contribution < -0.4 is 14.8 Å². The van der Waals surface area contributed by atoms with Gasteiger partial charge in [-0.05, 0) is 43.4 Å². The van der Waals surface area contributed by atoms with Crippen LogP contribution in [-0.2, 0) is 4.79 Å². The molecular weight excluding hydrogens is 364 g/mol. The lowest BCUT2D eigenvalue weighted by Crippen LogP contribution is -2.28. The maximum Gasteiger partial charge on any atom is 0.387 e. The summed E-state index contributed by atoms with van der Waals surface area (Å²) in [6.07, 6.45) is 4.93. The second kappa shape index (κ2) is 8.87. The van der Waals surface area contributed by atoms with Gasteiger partial charge in [0.2, 0.25) is 5.91 Å². The number of para-hydroxylation sites is 1. The van der Waals surface area contributed by atoms with Crippen LogP contribution in [0.4, 0.5) is 8.78 Å². The largest absolute Gasteiger partial charge is 0.493 e. The fourth-order valence-electron chi connectivity index (χ4n) is 3.08. The number of ether oxygens (including phenoxy) is 2. The van der Waals surface area contributed by atoms with Gasteiger partial charge in [0.15, 0.2) is 11.5 Å². The predicted molar refractivity (Wildman–Crippen MR) is 103 cm³/mol. The van der Waals surface area contributed by atoms with Crippen molar-refractivity contribution in [3.63, 3.8) is 0 Å². The Kier molecular flexibility index (Phi) is 6.29. The molecule has 0 aliphatic heterocycles. The van der Waals surface area contributed by atoms with Crippen molar-refractivity contribution < 1.29 is 23.0 Å². The van der Waals surface area contributed by atoms with Gasteiger partial charge in [0.05, 0.1) is 13.2 Å². The summed E-state index contributed by atoms with van der Waals surface area (Å²) in [6.45, 7) is -0.970.